The summed E-state index contributed by atoms with van der Waals surface area (Å²) in [6.45, 7) is 2.98. The topological polar surface area (TPSA) is 61.9 Å². The van der Waals surface area contributed by atoms with Crippen molar-refractivity contribution in [3.05, 3.63) is 29.8 Å². The van der Waals surface area contributed by atoms with Crippen LogP contribution in [0.4, 0.5) is 0 Å². The van der Waals surface area contributed by atoms with Gasteiger partial charge in [0, 0.05) is 38.2 Å². The van der Waals surface area contributed by atoms with Gasteiger partial charge in [-0.05, 0) is 18.9 Å². The van der Waals surface area contributed by atoms with Gasteiger partial charge in [-0.1, -0.05) is 31.0 Å². The zero-order valence-electron chi connectivity index (χ0n) is 16.0. The maximum absolute atomic E-state index is 13.1. The van der Waals surface area contributed by atoms with Gasteiger partial charge >= 0.3 is 0 Å². The lowest BCUT2D eigenvalue weighted by molar-refractivity contribution is -0.143. The molecule has 0 aliphatic carbocycles. The summed E-state index contributed by atoms with van der Waals surface area (Å²) < 4.78 is 5.49. The van der Waals surface area contributed by atoms with Crippen molar-refractivity contribution in [2.24, 2.45) is 0 Å². The summed E-state index contributed by atoms with van der Waals surface area (Å²) >= 11 is 0. The maximum Gasteiger partial charge on any atom is 0.242 e. The van der Waals surface area contributed by atoms with Crippen molar-refractivity contribution >= 4 is 24.2 Å². The predicted octanol–water partition coefficient (Wildman–Crippen LogP) is 2.38. The Labute approximate surface area is 167 Å². The molecule has 2 fully saturated rings. The normalized spacial score (nSPS) is 21.1. The Bertz CT molecular complexity index is 641. The molecule has 150 valence electrons. The summed E-state index contributed by atoms with van der Waals surface area (Å²) in [5.74, 6) is 0.930. The van der Waals surface area contributed by atoms with E-state index in [1.807, 2.05) is 29.2 Å². The number of halogens is 1. The molecule has 3 rings (SSSR count). The fourth-order valence-electron chi connectivity index (χ4n) is 3.86. The average molecular weight is 396 g/mol. The van der Waals surface area contributed by atoms with Crippen LogP contribution in [0.25, 0.3) is 0 Å². The van der Waals surface area contributed by atoms with Crippen LogP contribution in [-0.4, -0.2) is 61.4 Å². The molecule has 2 aliphatic rings. The van der Waals surface area contributed by atoms with Crippen LogP contribution in [0, 0.1) is 0 Å². The number of carbonyl (C=O) groups excluding carboxylic acids is 2. The minimum atomic E-state index is -0.0720. The Morgan fingerprint density at radius 1 is 1.19 bits per heavy atom. The maximum atomic E-state index is 13.1. The number of para-hydroxylation sites is 1. The molecule has 2 heterocycles. The highest BCUT2D eigenvalue weighted by Crippen LogP contribution is 2.30. The van der Waals surface area contributed by atoms with Crippen molar-refractivity contribution in [2.75, 3.05) is 39.8 Å². The molecule has 0 spiro atoms. The van der Waals surface area contributed by atoms with Gasteiger partial charge in [0.25, 0.3) is 0 Å². The number of ether oxygens (including phenoxy) is 1. The zero-order chi connectivity index (χ0) is 18.4. The summed E-state index contributed by atoms with van der Waals surface area (Å²) in [6.07, 6.45) is 4.72. The molecule has 1 unspecified atom stereocenters. The first-order valence-corrected chi connectivity index (χ1v) is 9.61. The lowest BCUT2D eigenvalue weighted by Gasteiger charge is -2.38. The van der Waals surface area contributed by atoms with Crippen LogP contribution in [0.3, 0.4) is 0 Å². The number of rotatable bonds is 4. The van der Waals surface area contributed by atoms with Crippen molar-refractivity contribution in [3.63, 3.8) is 0 Å². The quantitative estimate of drug-likeness (QED) is 0.850. The minimum absolute atomic E-state index is 0. The molecule has 2 amide bonds. The second kappa shape index (κ2) is 10.5. The molecule has 27 heavy (non-hydrogen) atoms. The fourth-order valence-corrected chi connectivity index (χ4v) is 3.86. The molecule has 0 saturated carbocycles. The molecule has 1 atom stereocenters. The lowest BCUT2D eigenvalue weighted by atomic mass is 10.0. The summed E-state index contributed by atoms with van der Waals surface area (Å²) in [7, 11) is 1.65. The van der Waals surface area contributed by atoms with Crippen LogP contribution < -0.4 is 10.1 Å². The summed E-state index contributed by atoms with van der Waals surface area (Å²) in [5.41, 5.74) is 1.01. The standard InChI is InChI=1S/C20H29N3O3.ClH/c1-26-18-9-6-5-8-16(18)17-14-21-11-13-23(17)20(25)15-22-12-7-3-2-4-10-19(22)24;/h5-6,8-9,17,21H,2-4,7,10-15H2,1H3;1H. The van der Waals surface area contributed by atoms with Crippen LogP contribution in [0.5, 0.6) is 5.75 Å². The Morgan fingerprint density at radius 2 is 1.96 bits per heavy atom. The van der Waals surface area contributed by atoms with Crippen LogP contribution in [0.2, 0.25) is 0 Å². The number of carbonyl (C=O) groups is 2. The van der Waals surface area contributed by atoms with E-state index in [9.17, 15) is 9.59 Å². The van der Waals surface area contributed by atoms with Crippen LogP contribution >= 0.6 is 12.4 Å². The highest BCUT2D eigenvalue weighted by molar-refractivity contribution is 5.85. The monoisotopic (exact) mass is 395 g/mol. The van der Waals surface area contributed by atoms with E-state index in [1.54, 1.807) is 12.0 Å². The number of hydrogen-bond donors (Lipinski definition) is 1. The highest BCUT2D eigenvalue weighted by Gasteiger charge is 2.31. The summed E-state index contributed by atoms with van der Waals surface area (Å²) in [4.78, 5) is 29.1. The van der Waals surface area contributed by atoms with E-state index in [1.165, 1.54) is 0 Å². The molecule has 1 aromatic rings. The summed E-state index contributed by atoms with van der Waals surface area (Å²) in [6, 6.07) is 7.77. The van der Waals surface area contributed by atoms with Crippen molar-refractivity contribution in [3.8, 4) is 5.75 Å². The number of hydrogen-bond acceptors (Lipinski definition) is 4. The largest absolute Gasteiger partial charge is 0.496 e. The Hall–Kier alpha value is -1.79. The van der Waals surface area contributed by atoms with Gasteiger partial charge in [-0.2, -0.15) is 0 Å². The van der Waals surface area contributed by atoms with Crippen molar-refractivity contribution in [1.29, 1.82) is 0 Å². The van der Waals surface area contributed by atoms with Gasteiger partial charge < -0.3 is 19.9 Å². The van der Waals surface area contributed by atoms with Gasteiger partial charge in [-0.15, -0.1) is 12.4 Å². The smallest absolute Gasteiger partial charge is 0.242 e. The number of nitrogens with zero attached hydrogens (tertiary/aromatic N) is 2. The molecule has 0 bridgehead atoms. The van der Waals surface area contributed by atoms with Crippen molar-refractivity contribution < 1.29 is 14.3 Å². The van der Waals surface area contributed by atoms with E-state index >= 15 is 0 Å². The van der Waals surface area contributed by atoms with Gasteiger partial charge in [0.15, 0.2) is 0 Å². The second-order valence-electron chi connectivity index (χ2n) is 7.03. The molecule has 2 aliphatic heterocycles. The van der Waals surface area contributed by atoms with Gasteiger partial charge in [-0.3, -0.25) is 9.59 Å². The van der Waals surface area contributed by atoms with E-state index in [0.717, 1.165) is 43.5 Å². The minimum Gasteiger partial charge on any atom is -0.496 e. The van der Waals surface area contributed by atoms with E-state index < -0.39 is 0 Å². The number of amides is 2. The molecule has 2 saturated heterocycles. The summed E-state index contributed by atoms with van der Waals surface area (Å²) in [5, 5.41) is 3.37. The van der Waals surface area contributed by atoms with Gasteiger partial charge in [-0.25, -0.2) is 0 Å². The van der Waals surface area contributed by atoms with E-state index in [0.29, 0.717) is 26.1 Å². The van der Waals surface area contributed by atoms with Crippen molar-refractivity contribution in [1.82, 2.24) is 15.1 Å². The van der Waals surface area contributed by atoms with Gasteiger partial charge in [0.1, 0.15) is 5.75 Å². The molecular weight excluding hydrogens is 366 g/mol. The Kier molecular flexibility index (Phi) is 8.38. The first kappa shape index (κ1) is 21.5. The lowest BCUT2D eigenvalue weighted by Crippen LogP contribution is -2.52. The molecule has 1 N–H and O–H groups in total. The van der Waals surface area contributed by atoms with E-state index in [4.69, 9.17) is 4.74 Å². The first-order chi connectivity index (χ1) is 12.7. The molecule has 1 aromatic carbocycles. The van der Waals surface area contributed by atoms with Gasteiger partial charge in [0.05, 0.1) is 19.7 Å². The predicted molar refractivity (Wildman–Crippen MR) is 107 cm³/mol. The third-order valence-electron chi connectivity index (χ3n) is 5.31. The SMILES string of the molecule is COc1ccccc1C1CNCCN1C(=O)CN1CCCCCCC1=O.Cl. The molecule has 0 radical (unpaired) electrons. The molecule has 6 nitrogen and oxygen atoms in total. The number of methoxy groups -OCH3 is 1. The zero-order valence-corrected chi connectivity index (χ0v) is 16.8. The second-order valence-corrected chi connectivity index (χ2v) is 7.03. The molecule has 0 aromatic heterocycles. The van der Waals surface area contributed by atoms with Crippen LogP contribution in [-0.2, 0) is 9.59 Å². The fraction of sp³-hybridized carbons (Fsp3) is 0.600. The van der Waals surface area contributed by atoms with Crippen LogP contribution in [0.1, 0.15) is 43.7 Å². The first-order valence-electron chi connectivity index (χ1n) is 9.61. The number of benzene rings is 1. The number of piperazine rings is 1. The van der Waals surface area contributed by atoms with Gasteiger partial charge in [0.2, 0.25) is 11.8 Å². The molecular formula is C20H30ClN3O3. The highest BCUT2D eigenvalue weighted by atomic mass is 35.5. The number of nitrogens with one attached hydrogen (secondary N) is 1. The third kappa shape index (κ3) is 5.36. The number of likely N-dealkylation sites (tertiary alicyclic amines) is 1. The van der Waals surface area contributed by atoms with Crippen molar-refractivity contribution in [2.45, 2.75) is 38.1 Å². The average Bonchev–Trinajstić information content (AvgIpc) is 2.67. The van der Waals surface area contributed by atoms with Crippen LogP contribution in [0.15, 0.2) is 24.3 Å². The molecule has 7 heteroatoms. The van der Waals surface area contributed by atoms with E-state index in [-0.39, 0.29) is 36.8 Å². The Morgan fingerprint density at radius 3 is 2.78 bits per heavy atom. The Balaban J connectivity index is 0.00000261. The van der Waals surface area contributed by atoms with E-state index in [2.05, 4.69) is 5.32 Å². The third-order valence-corrected chi connectivity index (χ3v) is 5.31.